The summed E-state index contributed by atoms with van der Waals surface area (Å²) >= 11 is 29.9. The quantitative estimate of drug-likeness (QED) is 0.249. The zero-order valence-corrected chi connectivity index (χ0v) is 14.4. The molecule has 0 unspecified atom stereocenters. The molecule has 0 aliphatic rings. The van der Waals surface area contributed by atoms with Gasteiger partial charge in [0.15, 0.2) is 0 Å². The van der Waals surface area contributed by atoms with Gasteiger partial charge in [-0.05, 0) is 6.07 Å². The monoisotopic (exact) mass is 414 g/mol. The van der Waals surface area contributed by atoms with Crippen LogP contribution in [0.4, 0.5) is 11.4 Å². The highest BCUT2D eigenvalue weighted by molar-refractivity contribution is 6.56. The van der Waals surface area contributed by atoms with Gasteiger partial charge in [-0.15, -0.1) is 0 Å². The van der Waals surface area contributed by atoms with E-state index in [0.717, 1.165) is 6.07 Å². The van der Waals surface area contributed by atoms with Crippen molar-refractivity contribution in [2.24, 2.45) is 0 Å². The Labute approximate surface area is 153 Å². The van der Waals surface area contributed by atoms with Gasteiger partial charge in [0.2, 0.25) is 0 Å². The van der Waals surface area contributed by atoms with E-state index in [-0.39, 0.29) is 36.2 Å². The number of rotatable bonds is 3. The summed E-state index contributed by atoms with van der Waals surface area (Å²) in [5, 5.41) is 21.5. The third kappa shape index (κ3) is 3.05. The summed E-state index contributed by atoms with van der Waals surface area (Å²) in [6, 6.07) is 3.49. The molecular formula is C12H3Cl5N2O4. The zero-order chi connectivity index (χ0) is 17.5. The summed E-state index contributed by atoms with van der Waals surface area (Å²) in [4.78, 5) is 20.5. The van der Waals surface area contributed by atoms with Crippen LogP contribution in [0.15, 0.2) is 18.2 Å². The van der Waals surface area contributed by atoms with E-state index in [1.165, 1.54) is 12.1 Å². The molecule has 0 heterocycles. The molecule has 0 saturated carbocycles. The highest BCUT2D eigenvalue weighted by atomic mass is 35.5. The van der Waals surface area contributed by atoms with E-state index in [0.29, 0.717) is 0 Å². The second-order valence-electron chi connectivity index (χ2n) is 4.13. The van der Waals surface area contributed by atoms with Gasteiger partial charge in [-0.2, -0.15) is 0 Å². The van der Waals surface area contributed by atoms with Crippen molar-refractivity contribution in [2.75, 3.05) is 0 Å². The van der Waals surface area contributed by atoms with Crippen LogP contribution >= 0.6 is 58.0 Å². The molecule has 0 fully saturated rings. The SMILES string of the molecule is O=[N+]([O-])c1cccc(-c2c(Cl)c(Cl)c(Cl)c(Cl)c2Cl)c1[N+](=O)[O-]. The summed E-state index contributed by atoms with van der Waals surface area (Å²) in [5.41, 5.74) is -1.81. The van der Waals surface area contributed by atoms with Gasteiger partial charge in [-0.25, -0.2) is 0 Å². The Morgan fingerprint density at radius 2 is 1.22 bits per heavy atom. The first kappa shape index (κ1) is 18.0. The molecule has 120 valence electrons. The second-order valence-corrected chi connectivity index (χ2v) is 6.02. The zero-order valence-electron chi connectivity index (χ0n) is 10.6. The molecule has 0 aliphatic carbocycles. The number of hydrogen-bond donors (Lipinski definition) is 0. The second kappa shape index (κ2) is 6.67. The molecule has 2 aromatic carbocycles. The predicted octanol–water partition coefficient (Wildman–Crippen LogP) is 6.44. The van der Waals surface area contributed by atoms with Crippen LogP contribution in [0.5, 0.6) is 0 Å². The molecule has 0 aliphatic heterocycles. The molecule has 0 aromatic heterocycles. The Kier molecular flexibility index (Phi) is 5.23. The normalized spacial score (nSPS) is 10.7. The minimum atomic E-state index is -0.906. The smallest absolute Gasteiger partial charge is 0.258 e. The Morgan fingerprint density at radius 1 is 0.739 bits per heavy atom. The molecular weight excluding hydrogens is 413 g/mol. The van der Waals surface area contributed by atoms with Crippen LogP contribution in [0.2, 0.25) is 25.1 Å². The standard InChI is InChI=1S/C12H3Cl5N2O4/c13-7-6(8(14)10(16)11(17)9(7)15)4-2-1-3-5(18(20)21)12(4)19(22)23/h1-3H. The van der Waals surface area contributed by atoms with Gasteiger partial charge in [0.1, 0.15) is 0 Å². The fraction of sp³-hybridized carbons (Fsp3) is 0. The third-order valence-electron chi connectivity index (χ3n) is 2.87. The van der Waals surface area contributed by atoms with Crippen LogP contribution in [0, 0.1) is 20.2 Å². The molecule has 11 heteroatoms. The Morgan fingerprint density at radius 3 is 1.65 bits per heavy atom. The first-order valence-electron chi connectivity index (χ1n) is 5.62. The summed E-state index contributed by atoms with van der Waals surface area (Å²) < 4.78 is 0. The maximum absolute atomic E-state index is 11.3. The fourth-order valence-electron chi connectivity index (χ4n) is 1.91. The number of hydrogen-bond acceptors (Lipinski definition) is 4. The number of nitro benzene ring substituents is 2. The van der Waals surface area contributed by atoms with Crippen LogP contribution in [-0.2, 0) is 0 Å². The molecule has 0 bridgehead atoms. The topological polar surface area (TPSA) is 86.3 Å². The van der Waals surface area contributed by atoms with E-state index in [2.05, 4.69) is 0 Å². The van der Waals surface area contributed by atoms with Crippen LogP contribution < -0.4 is 0 Å². The van der Waals surface area contributed by atoms with Crippen molar-refractivity contribution in [3.8, 4) is 11.1 Å². The van der Waals surface area contributed by atoms with Gasteiger partial charge in [0, 0.05) is 11.6 Å². The molecule has 2 rings (SSSR count). The minimum Gasteiger partial charge on any atom is -0.258 e. The van der Waals surface area contributed by atoms with E-state index in [9.17, 15) is 20.2 Å². The predicted molar refractivity (Wildman–Crippen MR) is 90.2 cm³/mol. The molecule has 2 aromatic rings. The van der Waals surface area contributed by atoms with Crippen LogP contribution in [0.3, 0.4) is 0 Å². The largest absolute Gasteiger partial charge is 0.353 e. The van der Waals surface area contributed by atoms with Gasteiger partial charge in [0.25, 0.3) is 0 Å². The van der Waals surface area contributed by atoms with Gasteiger partial charge in [0.05, 0.1) is 40.5 Å². The number of nitro groups is 2. The van der Waals surface area contributed by atoms with Crippen LogP contribution in [0.25, 0.3) is 11.1 Å². The fourth-order valence-corrected chi connectivity index (χ4v) is 3.26. The van der Waals surface area contributed by atoms with E-state index < -0.39 is 21.2 Å². The summed E-state index contributed by atoms with van der Waals surface area (Å²) in [5.74, 6) is 0. The number of para-hydroxylation sites is 1. The lowest BCUT2D eigenvalue weighted by Gasteiger charge is -2.12. The van der Waals surface area contributed by atoms with Crippen molar-refractivity contribution < 1.29 is 9.85 Å². The average molecular weight is 416 g/mol. The Bertz CT molecular complexity index is 827. The lowest BCUT2D eigenvalue weighted by Crippen LogP contribution is -1.99. The van der Waals surface area contributed by atoms with Gasteiger partial charge >= 0.3 is 11.4 Å². The lowest BCUT2D eigenvalue weighted by atomic mass is 10.0. The van der Waals surface area contributed by atoms with Crippen LogP contribution in [0.1, 0.15) is 0 Å². The minimum absolute atomic E-state index is 0.108. The summed E-state index contributed by atoms with van der Waals surface area (Å²) in [6.45, 7) is 0. The summed E-state index contributed by atoms with van der Waals surface area (Å²) in [7, 11) is 0. The number of benzene rings is 2. The van der Waals surface area contributed by atoms with E-state index in [1.54, 1.807) is 0 Å². The Balaban J connectivity index is 2.97. The van der Waals surface area contributed by atoms with Gasteiger partial charge in [-0.3, -0.25) is 20.2 Å². The van der Waals surface area contributed by atoms with Gasteiger partial charge < -0.3 is 0 Å². The van der Waals surface area contributed by atoms with E-state index in [1.807, 2.05) is 0 Å². The van der Waals surface area contributed by atoms with Crippen molar-refractivity contribution in [3.05, 3.63) is 63.5 Å². The van der Waals surface area contributed by atoms with Crippen molar-refractivity contribution in [3.63, 3.8) is 0 Å². The third-order valence-corrected chi connectivity index (χ3v) is 5.15. The first-order chi connectivity index (χ1) is 10.7. The van der Waals surface area contributed by atoms with Crippen molar-refractivity contribution in [1.29, 1.82) is 0 Å². The first-order valence-corrected chi connectivity index (χ1v) is 7.51. The highest BCUT2D eigenvalue weighted by Gasteiger charge is 2.32. The lowest BCUT2D eigenvalue weighted by molar-refractivity contribution is -0.422. The van der Waals surface area contributed by atoms with Gasteiger partial charge in [-0.1, -0.05) is 64.1 Å². The van der Waals surface area contributed by atoms with E-state index in [4.69, 9.17) is 58.0 Å². The number of nitrogens with zero attached hydrogens (tertiary/aromatic N) is 2. The van der Waals surface area contributed by atoms with Crippen molar-refractivity contribution in [2.45, 2.75) is 0 Å². The molecule has 6 nitrogen and oxygen atoms in total. The Hall–Kier alpha value is -1.31. The molecule has 0 N–H and O–H groups in total. The maximum Gasteiger partial charge on any atom is 0.353 e. The van der Waals surface area contributed by atoms with Crippen molar-refractivity contribution in [1.82, 2.24) is 0 Å². The molecule has 0 radical (unpaired) electrons. The highest BCUT2D eigenvalue weighted by Crippen LogP contribution is 2.51. The molecule has 0 atom stereocenters. The maximum atomic E-state index is 11.3. The molecule has 0 saturated heterocycles. The van der Waals surface area contributed by atoms with E-state index >= 15 is 0 Å². The molecule has 0 amide bonds. The summed E-state index contributed by atoms with van der Waals surface area (Å²) in [6.07, 6.45) is 0. The average Bonchev–Trinajstić information content (AvgIpc) is 2.50. The van der Waals surface area contributed by atoms with Crippen LogP contribution in [-0.4, -0.2) is 9.85 Å². The number of halogens is 5. The van der Waals surface area contributed by atoms with Crippen molar-refractivity contribution >= 4 is 69.4 Å². The molecule has 23 heavy (non-hydrogen) atoms. The molecule has 0 spiro atoms.